The minimum Gasteiger partial charge on any atom is -0.204 e. The van der Waals surface area contributed by atoms with Crippen molar-refractivity contribution in [2.24, 2.45) is 0 Å². The zero-order chi connectivity index (χ0) is 12.3. The van der Waals surface area contributed by atoms with E-state index in [4.69, 9.17) is 0 Å². The molecule has 4 rings (SSSR count). The Morgan fingerprint density at radius 1 is 0.944 bits per heavy atom. The molecule has 1 aromatic carbocycles. The van der Waals surface area contributed by atoms with Gasteiger partial charge in [-0.05, 0) is 70.5 Å². The van der Waals surface area contributed by atoms with E-state index in [-0.39, 0.29) is 0 Å². The van der Waals surface area contributed by atoms with Gasteiger partial charge in [0.1, 0.15) is 0 Å². The zero-order valence-electron chi connectivity index (χ0n) is 9.63. The standard InChI is InChI=1S/C16H10F2/c17-14-7-10-6-11-5-9-3-1-2-4-12(9)16(11)13(10)8-15(14)18/h1,3,5-8H,2,4H2. The SMILES string of the molecule is Fc1cc2c(cc1F)C1=C3CCC=CC3=CC1=C2. The average molecular weight is 240 g/mol. The second kappa shape index (κ2) is 3.29. The quantitative estimate of drug-likeness (QED) is 0.630. The molecule has 0 saturated heterocycles. The topological polar surface area (TPSA) is 0 Å². The number of rotatable bonds is 0. The lowest BCUT2D eigenvalue weighted by atomic mass is 9.92. The number of benzene rings is 1. The fourth-order valence-electron chi connectivity index (χ4n) is 3.00. The van der Waals surface area contributed by atoms with Crippen LogP contribution in [0.3, 0.4) is 0 Å². The molecular weight excluding hydrogens is 230 g/mol. The highest BCUT2D eigenvalue weighted by molar-refractivity contribution is 6.02. The fourth-order valence-corrected chi connectivity index (χ4v) is 3.00. The van der Waals surface area contributed by atoms with Gasteiger partial charge in [0.05, 0.1) is 0 Å². The first-order chi connectivity index (χ1) is 8.74. The van der Waals surface area contributed by atoms with Crippen molar-refractivity contribution in [3.05, 3.63) is 69.8 Å². The lowest BCUT2D eigenvalue weighted by Crippen LogP contribution is -1.95. The van der Waals surface area contributed by atoms with Crippen LogP contribution in [-0.2, 0) is 0 Å². The lowest BCUT2D eigenvalue weighted by molar-refractivity contribution is 0.508. The van der Waals surface area contributed by atoms with Crippen LogP contribution < -0.4 is 0 Å². The van der Waals surface area contributed by atoms with E-state index >= 15 is 0 Å². The van der Waals surface area contributed by atoms with Gasteiger partial charge in [0, 0.05) is 0 Å². The maximum absolute atomic E-state index is 13.4. The first-order valence-electron chi connectivity index (χ1n) is 6.07. The van der Waals surface area contributed by atoms with Crippen LogP contribution in [0, 0.1) is 11.6 Å². The highest BCUT2D eigenvalue weighted by Crippen LogP contribution is 2.48. The Bertz CT molecular complexity index is 700. The molecule has 0 nitrogen and oxygen atoms in total. The van der Waals surface area contributed by atoms with Crippen LogP contribution in [0.2, 0.25) is 0 Å². The van der Waals surface area contributed by atoms with Crippen molar-refractivity contribution in [2.45, 2.75) is 12.8 Å². The van der Waals surface area contributed by atoms with E-state index in [0.717, 1.165) is 35.1 Å². The van der Waals surface area contributed by atoms with E-state index in [0.29, 0.717) is 0 Å². The Kier molecular flexibility index (Phi) is 1.83. The van der Waals surface area contributed by atoms with Crippen molar-refractivity contribution in [3.63, 3.8) is 0 Å². The molecule has 3 aliphatic rings. The van der Waals surface area contributed by atoms with Crippen LogP contribution >= 0.6 is 0 Å². The number of fused-ring (bicyclic) bond motifs is 4. The van der Waals surface area contributed by atoms with Gasteiger partial charge in [0.15, 0.2) is 11.6 Å². The van der Waals surface area contributed by atoms with Crippen molar-refractivity contribution in [2.75, 3.05) is 0 Å². The molecule has 0 radical (unpaired) electrons. The first kappa shape index (κ1) is 10.0. The van der Waals surface area contributed by atoms with Crippen molar-refractivity contribution in [3.8, 4) is 0 Å². The summed E-state index contributed by atoms with van der Waals surface area (Å²) in [4.78, 5) is 0. The summed E-state index contributed by atoms with van der Waals surface area (Å²) in [5.74, 6) is -1.54. The van der Waals surface area contributed by atoms with Gasteiger partial charge in [0.25, 0.3) is 0 Å². The van der Waals surface area contributed by atoms with Gasteiger partial charge in [-0.1, -0.05) is 12.2 Å². The minimum absolute atomic E-state index is 0.767. The van der Waals surface area contributed by atoms with Gasteiger partial charge in [-0.3, -0.25) is 0 Å². The Morgan fingerprint density at radius 2 is 1.78 bits per heavy atom. The zero-order valence-corrected chi connectivity index (χ0v) is 9.63. The van der Waals surface area contributed by atoms with Crippen LogP contribution in [0.1, 0.15) is 24.0 Å². The summed E-state index contributed by atoms with van der Waals surface area (Å²) in [6.07, 6.45) is 10.3. The third kappa shape index (κ3) is 1.18. The molecule has 0 N–H and O–H groups in total. The smallest absolute Gasteiger partial charge is 0.159 e. The third-order valence-electron chi connectivity index (χ3n) is 3.78. The number of hydrogen-bond acceptors (Lipinski definition) is 0. The van der Waals surface area contributed by atoms with Crippen molar-refractivity contribution in [1.29, 1.82) is 0 Å². The molecule has 0 saturated carbocycles. The summed E-state index contributed by atoms with van der Waals surface area (Å²) in [6, 6.07) is 2.61. The minimum atomic E-state index is -0.774. The number of halogens is 2. The molecule has 0 unspecified atom stereocenters. The van der Waals surface area contributed by atoms with Gasteiger partial charge in [0.2, 0.25) is 0 Å². The van der Waals surface area contributed by atoms with E-state index in [1.165, 1.54) is 23.3 Å². The van der Waals surface area contributed by atoms with Gasteiger partial charge in [-0.2, -0.15) is 0 Å². The normalized spacial score (nSPS) is 19.4. The molecule has 0 heterocycles. The Hall–Kier alpha value is -1.96. The first-order valence-corrected chi connectivity index (χ1v) is 6.07. The molecule has 2 heteroatoms. The van der Waals surface area contributed by atoms with Crippen LogP contribution in [0.5, 0.6) is 0 Å². The van der Waals surface area contributed by atoms with Gasteiger partial charge in [-0.15, -0.1) is 0 Å². The molecular formula is C16H10F2. The molecule has 3 aliphatic carbocycles. The molecule has 88 valence electrons. The highest BCUT2D eigenvalue weighted by atomic mass is 19.2. The second-order valence-corrected chi connectivity index (χ2v) is 4.85. The molecule has 0 atom stereocenters. The fraction of sp³-hybridized carbons (Fsp3) is 0.125. The molecule has 0 amide bonds. The molecule has 18 heavy (non-hydrogen) atoms. The molecule has 0 aromatic heterocycles. The van der Waals surface area contributed by atoms with Crippen molar-refractivity contribution in [1.82, 2.24) is 0 Å². The lowest BCUT2D eigenvalue weighted by Gasteiger charge is -2.12. The van der Waals surface area contributed by atoms with Crippen molar-refractivity contribution < 1.29 is 8.78 Å². The second-order valence-electron chi connectivity index (χ2n) is 4.85. The molecule has 0 fully saturated rings. The predicted molar refractivity (Wildman–Crippen MR) is 67.7 cm³/mol. The number of allylic oxidation sites excluding steroid dienone is 7. The molecule has 0 spiro atoms. The Balaban J connectivity index is 1.99. The van der Waals surface area contributed by atoms with E-state index < -0.39 is 11.6 Å². The summed E-state index contributed by atoms with van der Waals surface area (Å²) in [7, 11) is 0. The summed E-state index contributed by atoms with van der Waals surface area (Å²) in [6.45, 7) is 0. The average Bonchev–Trinajstić information content (AvgIpc) is 2.86. The summed E-state index contributed by atoms with van der Waals surface area (Å²) in [5.41, 5.74) is 6.30. The monoisotopic (exact) mass is 240 g/mol. The van der Waals surface area contributed by atoms with Crippen LogP contribution in [0.4, 0.5) is 8.78 Å². The highest BCUT2D eigenvalue weighted by Gasteiger charge is 2.29. The maximum atomic E-state index is 13.4. The van der Waals surface area contributed by atoms with Crippen LogP contribution in [0.25, 0.3) is 11.6 Å². The van der Waals surface area contributed by atoms with Crippen LogP contribution in [-0.4, -0.2) is 0 Å². The largest absolute Gasteiger partial charge is 0.204 e. The van der Waals surface area contributed by atoms with E-state index in [1.807, 2.05) is 6.08 Å². The maximum Gasteiger partial charge on any atom is 0.159 e. The molecule has 1 aromatic rings. The number of hydrogen-bond donors (Lipinski definition) is 0. The third-order valence-corrected chi connectivity index (χ3v) is 3.78. The summed E-state index contributed by atoms with van der Waals surface area (Å²) in [5, 5.41) is 0. The van der Waals surface area contributed by atoms with Crippen LogP contribution in [0.15, 0.2) is 47.1 Å². The van der Waals surface area contributed by atoms with Gasteiger partial charge in [-0.25, -0.2) is 8.78 Å². The Labute approximate surface area is 104 Å². The van der Waals surface area contributed by atoms with Gasteiger partial charge < -0.3 is 0 Å². The van der Waals surface area contributed by atoms with E-state index in [2.05, 4.69) is 18.2 Å². The molecule has 0 aliphatic heterocycles. The van der Waals surface area contributed by atoms with E-state index in [9.17, 15) is 8.78 Å². The summed E-state index contributed by atoms with van der Waals surface area (Å²) < 4.78 is 26.6. The van der Waals surface area contributed by atoms with Gasteiger partial charge >= 0.3 is 0 Å². The molecule has 0 bridgehead atoms. The van der Waals surface area contributed by atoms with E-state index in [1.54, 1.807) is 0 Å². The summed E-state index contributed by atoms with van der Waals surface area (Å²) >= 11 is 0. The van der Waals surface area contributed by atoms with Crippen molar-refractivity contribution >= 4 is 11.6 Å². The predicted octanol–water partition coefficient (Wildman–Crippen LogP) is 4.41. The Morgan fingerprint density at radius 3 is 2.67 bits per heavy atom.